The Bertz CT molecular complexity index is 926. The van der Waals surface area contributed by atoms with Gasteiger partial charge in [0.1, 0.15) is 0 Å². The van der Waals surface area contributed by atoms with Gasteiger partial charge in [-0.2, -0.15) is 0 Å². The van der Waals surface area contributed by atoms with E-state index in [1.165, 1.54) is 0 Å². The SMILES string of the molecule is O=C(Cl)[C@H]1CC(=O)N(c2ccccc2N2CCN(C(=O)c3ccccc3)CC2)C1. The second-order valence-electron chi connectivity index (χ2n) is 7.34. The van der Waals surface area contributed by atoms with E-state index in [4.69, 9.17) is 11.6 Å². The average molecular weight is 412 g/mol. The molecule has 2 aliphatic heterocycles. The van der Waals surface area contributed by atoms with Crippen LogP contribution in [0.2, 0.25) is 0 Å². The predicted octanol–water partition coefficient (Wildman–Crippen LogP) is 2.77. The van der Waals surface area contributed by atoms with E-state index in [1.807, 2.05) is 59.5 Å². The Hall–Kier alpha value is -2.86. The minimum atomic E-state index is -0.466. The lowest BCUT2D eigenvalue weighted by Gasteiger charge is -2.37. The fourth-order valence-corrected chi connectivity index (χ4v) is 4.11. The molecule has 0 unspecified atom stereocenters. The van der Waals surface area contributed by atoms with Crippen LogP contribution in [0.25, 0.3) is 0 Å². The second kappa shape index (κ2) is 8.25. The number of para-hydroxylation sites is 2. The first-order chi connectivity index (χ1) is 14.0. The van der Waals surface area contributed by atoms with Crippen LogP contribution in [0.3, 0.4) is 0 Å². The van der Waals surface area contributed by atoms with Crippen molar-refractivity contribution >= 4 is 40.0 Å². The summed E-state index contributed by atoms with van der Waals surface area (Å²) in [7, 11) is 0. The minimum Gasteiger partial charge on any atom is -0.366 e. The zero-order valence-electron chi connectivity index (χ0n) is 16.0. The molecule has 0 N–H and O–H groups in total. The Balaban J connectivity index is 1.48. The number of rotatable bonds is 4. The second-order valence-corrected chi connectivity index (χ2v) is 7.72. The Labute approximate surface area is 174 Å². The largest absolute Gasteiger partial charge is 0.366 e. The van der Waals surface area contributed by atoms with Crippen LogP contribution in [0.15, 0.2) is 54.6 Å². The van der Waals surface area contributed by atoms with Gasteiger partial charge in [0.2, 0.25) is 11.1 Å². The van der Waals surface area contributed by atoms with Gasteiger partial charge in [-0.3, -0.25) is 14.4 Å². The Morgan fingerprint density at radius 2 is 1.48 bits per heavy atom. The molecule has 6 nitrogen and oxygen atoms in total. The summed E-state index contributed by atoms with van der Waals surface area (Å²) in [5, 5.41) is -0.466. The molecule has 4 rings (SSSR count). The van der Waals surface area contributed by atoms with Crippen molar-refractivity contribution in [2.24, 2.45) is 5.92 Å². The molecule has 0 radical (unpaired) electrons. The van der Waals surface area contributed by atoms with E-state index < -0.39 is 11.2 Å². The molecule has 2 heterocycles. The van der Waals surface area contributed by atoms with Gasteiger partial charge in [0, 0.05) is 44.7 Å². The average Bonchev–Trinajstić information content (AvgIpc) is 3.16. The molecule has 2 saturated heterocycles. The summed E-state index contributed by atoms with van der Waals surface area (Å²) < 4.78 is 0. The van der Waals surface area contributed by atoms with Crippen LogP contribution in [-0.4, -0.2) is 54.7 Å². The number of benzene rings is 2. The van der Waals surface area contributed by atoms with Gasteiger partial charge in [-0.15, -0.1) is 0 Å². The molecule has 7 heteroatoms. The molecule has 2 aromatic carbocycles. The number of hydrogen-bond donors (Lipinski definition) is 0. The van der Waals surface area contributed by atoms with Gasteiger partial charge in [-0.05, 0) is 35.9 Å². The van der Waals surface area contributed by atoms with E-state index in [1.54, 1.807) is 4.90 Å². The first-order valence-electron chi connectivity index (χ1n) is 9.72. The third-order valence-electron chi connectivity index (χ3n) is 5.55. The summed E-state index contributed by atoms with van der Waals surface area (Å²) in [5.41, 5.74) is 2.43. The molecule has 150 valence electrons. The molecule has 2 aromatic rings. The summed E-state index contributed by atoms with van der Waals surface area (Å²) in [6.45, 7) is 2.88. The molecule has 2 amide bonds. The molecular formula is C22H22ClN3O3. The summed E-state index contributed by atoms with van der Waals surface area (Å²) >= 11 is 5.62. The van der Waals surface area contributed by atoms with Crippen LogP contribution >= 0.6 is 11.6 Å². The van der Waals surface area contributed by atoms with Crippen molar-refractivity contribution in [3.05, 3.63) is 60.2 Å². The van der Waals surface area contributed by atoms with Crippen molar-refractivity contribution in [1.29, 1.82) is 0 Å². The van der Waals surface area contributed by atoms with E-state index in [0.717, 1.165) is 11.4 Å². The van der Waals surface area contributed by atoms with Crippen molar-refractivity contribution in [1.82, 2.24) is 4.90 Å². The van der Waals surface area contributed by atoms with Crippen LogP contribution in [0, 0.1) is 5.92 Å². The van der Waals surface area contributed by atoms with Crippen LogP contribution in [-0.2, 0) is 9.59 Å². The van der Waals surface area contributed by atoms with Gasteiger partial charge in [0.25, 0.3) is 5.91 Å². The zero-order valence-corrected chi connectivity index (χ0v) is 16.7. The lowest BCUT2D eigenvalue weighted by atomic mass is 10.1. The van der Waals surface area contributed by atoms with Crippen LogP contribution in [0.4, 0.5) is 11.4 Å². The molecule has 2 fully saturated rings. The maximum absolute atomic E-state index is 12.7. The third-order valence-corrected chi connectivity index (χ3v) is 5.86. The fraction of sp³-hybridized carbons (Fsp3) is 0.318. The monoisotopic (exact) mass is 411 g/mol. The lowest BCUT2D eigenvalue weighted by molar-refractivity contribution is -0.120. The molecule has 0 bridgehead atoms. The predicted molar refractivity (Wildman–Crippen MR) is 112 cm³/mol. The summed E-state index contributed by atoms with van der Waals surface area (Å²) in [5.74, 6) is -0.511. The number of hydrogen-bond acceptors (Lipinski definition) is 4. The number of carbonyl (C=O) groups is 3. The van der Waals surface area contributed by atoms with Gasteiger partial charge in [0.15, 0.2) is 0 Å². The highest BCUT2D eigenvalue weighted by molar-refractivity contribution is 6.64. The van der Waals surface area contributed by atoms with Gasteiger partial charge >= 0.3 is 0 Å². The first kappa shape index (κ1) is 19.5. The van der Waals surface area contributed by atoms with E-state index in [9.17, 15) is 14.4 Å². The summed E-state index contributed by atoms with van der Waals surface area (Å²) in [6, 6.07) is 17.0. The van der Waals surface area contributed by atoms with Crippen LogP contribution < -0.4 is 9.80 Å². The molecule has 2 aliphatic rings. The number of carbonyl (C=O) groups excluding carboxylic acids is 3. The molecular weight excluding hydrogens is 390 g/mol. The number of halogens is 1. The van der Waals surface area contributed by atoms with Gasteiger partial charge in [0.05, 0.1) is 17.3 Å². The first-order valence-corrected chi connectivity index (χ1v) is 10.1. The molecule has 0 spiro atoms. The third kappa shape index (κ3) is 3.98. The minimum absolute atomic E-state index is 0.0386. The lowest BCUT2D eigenvalue weighted by Crippen LogP contribution is -2.49. The standard InChI is InChI=1S/C22H22ClN3O3/c23-21(28)17-14-20(27)26(15-17)19-9-5-4-8-18(19)24-10-12-25(13-11-24)22(29)16-6-2-1-3-7-16/h1-9,17H,10-15H2/t17-/m0/s1. The molecule has 29 heavy (non-hydrogen) atoms. The van der Waals surface area contributed by atoms with Crippen molar-refractivity contribution < 1.29 is 14.4 Å². The van der Waals surface area contributed by atoms with Gasteiger partial charge in [-0.25, -0.2) is 0 Å². The summed E-state index contributed by atoms with van der Waals surface area (Å²) in [4.78, 5) is 42.4. The normalized spacial score (nSPS) is 19.6. The van der Waals surface area contributed by atoms with Crippen molar-refractivity contribution in [2.45, 2.75) is 6.42 Å². The smallest absolute Gasteiger partial charge is 0.253 e. The number of nitrogens with zero attached hydrogens (tertiary/aromatic N) is 3. The van der Waals surface area contributed by atoms with Crippen molar-refractivity contribution in [3.63, 3.8) is 0 Å². The Morgan fingerprint density at radius 3 is 2.10 bits per heavy atom. The zero-order chi connectivity index (χ0) is 20.4. The highest BCUT2D eigenvalue weighted by Gasteiger charge is 2.36. The van der Waals surface area contributed by atoms with E-state index in [2.05, 4.69) is 4.90 Å². The maximum atomic E-state index is 12.7. The van der Waals surface area contributed by atoms with Crippen LogP contribution in [0.5, 0.6) is 0 Å². The van der Waals surface area contributed by atoms with Crippen molar-refractivity contribution in [2.75, 3.05) is 42.5 Å². The molecule has 0 aromatic heterocycles. The fourth-order valence-electron chi connectivity index (χ4n) is 3.97. The molecule has 0 aliphatic carbocycles. The summed E-state index contributed by atoms with van der Waals surface area (Å²) in [6.07, 6.45) is 0.149. The number of anilines is 2. The van der Waals surface area contributed by atoms with Gasteiger partial charge < -0.3 is 14.7 Å². The topological polar surface area (TPSA) is 60.9 Å². The Morgan fingerprint density at radius 1 is 0.862 bits per heavy atom. The van der Waals surface area contributed by atoms with Crippen molar-refractivity contribution in [3.8, 4) is 0 Å². The number of piperazine rings is 1. The van der Waals surface area contributed by atoms with Gasteiger partial charge in [-0.1, -0.05) is 30.3 Å². The van der Waals surface area contributed by atoms with E-state index in [-0.39, 0.29) is 18.2 Å². The number of amides is 2. The Kier molecular flexibility index (Phi) is 5.53. The molecule has 0 saturated carbocycles. The highest BCUT2D eigenvalue weighted by Crippen LogP contribution is 2.34. The van der Waals surface area contributed by atoms with Crippen LogP contribution in [0.1, 0.15) is 16.8 Å². The molecule has 1 atom stereocenters. The van der Waals surface area contributed by atoms with E-state index >= 15 is 0 Å². The highest BCUT2D eigenvalue weighted by atomic mass is 35.5. The maximum Gasteiger partial charge on any atom is 0.253 e. The van der Waals surface area contributed by atoms with E-state index in [0.29, 0.717) is 38.3 Å². The quantitative estimate of drug-likeness (QED) is 0.726.